The van der Waals surface area contributed by atoms with E-state index in [1.165, 1.54) is 6.20 Å². The normalized spacial score (nSPS) is 14.5. The number of halogens is 2. The van der Waals surface area contributed by atoms with Crippen molar-refractivity contribution >= 4 is 17.3 Å². The molecule has 0 spiro atoms. The van der Waals surface area contributed by atoms with E-state index in [4.69, 9.17) is 4.74 Å². The van der Waals surface area contributed by atoms with Crippen molar-refractivity contribution in [3.05, 3.63) is 47.8 Å². The lowest BCUT2D eigenvalue weighted by molar-refractivity contribution is 0.102. The van der Waals surface area contributed by atoms with Gasteiger partial charge in [0.25, 0.3) is 5.91 Å². The number of benzene rings is 1. The largest absolute Gasteiger partial charge is 0.505 e. The Hall–Kier alpha value is -2.74. The second-order valence-electron chi connectivity index (χ2n) is 5.27. The zero-order valence-electron chi connectivity index (χ0n) is 12.6. The summed E-state index contributed by atoms with van der Waals surface area (Å²) in [6.07, 6.45) is 2.98. The molecule has 1 saturated heterocycles. The average molecular weight is 335 g/mol. The minimum absolute atomic E-state index is 0.224. The lowest BCUT2D eigenvalue weighted by Gasteiger charge is -2.28. The second-order valence-corrected chi connectivity index (χ2v) is 5.27. The van der Waals surface area contributed by atoms with Gasteiger partial charge in [-0.15, -0.1) is 0 Å². The fraction of sp³-hybridized carbons (Fsp3) is 0.250. The van der Waals surface area contributed by atoms with Crippen molar-refractivity contribution in [3.63, 3.8) is 0 Å². The number of ether oxygens (including phenoxy) is 1. The maximum Gasteiger partial charge on any atom is 0.257 e. The Labute approximate surface area is 136 Å². The van der Waals surface area contributed by atoms with Crippen molar-refractivity contribution in [2.75, 3.05) is 36.5 Å². The van der Waals surface area contributed by atoms with Crippen LogP contribution in [0, 0.1) is 11.6 Å². The van der Waals surface area contributed by atoms with Crippen molar-refractivity contribution in [2.24, 2.45) is 0 Å². The Morgan fingerprint density at radius 2 is 1.92 bits per heavy atom. The van der Waals surface area contributed by atoms with Gasteiger partial charge in [0.1, 0.15) is 5.82 Å². The first-order valence-corrected chi connectivity index (χ1v) is 7.31. The molecule has 0 aliphatic carbocycles. The molecule has 1 aromatic heterocycles. The summed E-state index contributed by atoms with van der Waals surface area (Å²) in [5.74, 6) is -3.42. The maximum absolute atomic E-state index is 13.7. The number of aromatic nitrogens is 1. The predicted molar refractivity (Wildman–Crippen MR) is 83.2 cm³/mol. The van der Waals surface area contributed by atoms with Crippen LogP contribution in [0.15, 0.2) is 30.6 Å². The van der Waals surface area contributed by atoms with E-state index in [-0.39, 0.29) is 11.3 Å². The average Bonchev–Trinajstić information content (AvgIpc) is 2.60. The second kappa shape index (κ2) is 6.79. The summed E-state index contributed by atoms with van der Waals surface area (Å²) in [5, 5.41) is 11.6. The van der Waals surface area contributed by atoms with Crippen molar-refractivity contribution in [3.8, 4) is 5.75 Å². The van der Waals surface area contributed by atoms with Gasteiger partial charge < -0.3 is 20.1 Å². The summed E-state index contributed by atoms with van der Waals surface area (Å²) in [7, 11) is 0. The Morgan fingerprint density at radius 1 is 1.17 bits per heavy atom. The first-order valence-electron chi connectivity index (χ1n) is 7.31. The number of pyridine rings is 1. The van der Waals surface area contributed by atoms with Crippen molar-refractivity contribution in [1.82, 2.24) is 4.98 Å². The van der Waals surface area contributed by atoms with E-state index in [9.17, 15) is 18.7 Å². The lowest BCUT2D eigenvalue weighted by atomic mass is 10.2. The van der Waals surface area contributed by atoms with Crippen LogP contribution >= 0.6 is 0 Å². The number of nitrogens with zero attached hydrogens (tertiary/aromatic N) is 2. The summed E-state index contributed by atoms with van der Waals surface area (Å²) in [5.41, 5.74) is 0.672. The highest BCUT2D eigenvalue weighted by atomic mass is 19.1. The third kappa shape index (κ3) is 3.43. The zero-order valence-corrected chi connectivity index (χ0v) is 12.6. The first kappa shape index (κ1) is 16.1. The Kier molecular flexibility index (Phi) is 4.57. The Morgan fingerprint density at radius 3 is 2.67 bits per heavy atom. The highest BCUT2D eigenvalue weighted by Gasteiger charge is 2.16. The van der Waals surface area contributed by atoms with Crippen LogP contribution in [0.2, 0.25) is 0 Å². The third-order valence-corrected chi connectivity index (χ3v) is 3.65. The fourth-order valence-corrected chi connectivity index (χ4v) is 2.37. The van der Waals surface area contributed by atoms with E-state index in [0.29, 0.717) is 32.4 Å². The molecule has 1 aliphatic rings. The molecule has 2 N–H and O–H groups in total. The van der Waals surface area contributed by atoms with E-state index in [1.54, 1.807) is 12.3 Å². The quantitative estimate of drug-likeness (QED) is 0.899. The molecule has 0 atom stereocenters. The predicted octanol–water partition coefficient (Wildman–Crippen LogP) is 2.15. The monoisotopic (exact) mass is 335 g/mol. The van der Waals surface area contributed by atoms with Crippen LogP contribution in [0.3, 0.4) is 0 Å². The summed E-state index contributed by atoms with van der Waals surface area (Å²) >= 11 is 0. The summed E-state index contributed by atoms with van der Waals surface area (Å²) < 4.78 is 32.0. The van der Waals surface area contributed by atoms with Crippen molar-refractivity contribution in [2.45, 2.75) is 0 Å². The summed E-state index contributed by atoms with van der Waals surface area (Å²) in [6, 6.07) is 2.96. The molecule has 126 valence electrons. The number of phenols is 1. The number of nitrogens with one attached hydrogen (secondary N) is 1. The molecule has 0 saturated carbocycles. The number of hydrogen-bond acceptors (Lipinski definition) is 5. The molecule has 1 fully saturated rings. The lowest BCUT2D eigenvalue weighted by Crippen LogP contribution is -2.36. The van der Waals surface area contributed by atoms with Gasteiger partial charge in [0.2, 0.25) is 0 Å². The molecule has 1 amide bonds. The number of phenolic OH excluding ortho intramolecular Hbond substituents is 1. The van der Waals surface area contributed by atoms with Crippen LogP contribution in [0.4, 0.5) is 20.2 Å². The van der Waals surface area contributed by atoms with E-state index in [0.717, 1.165) is 11.8 Å². The van der Waals surface area contributed by atoms with Crippen LogP contribution in [-0.2, 0) is 4.74 Å². The van der Waals surface area contributed by atoms with Gasteiger partial charge >= 0.3 is 0 Å². The number of rotatable bonds is 3. The molecule has 1 aromatic carbocycles. The molecule has 0 bridgehead atoms. The molecule has 0 radical (unpaired) electrons. The van der Waals surface area contributed by atoms with E-state index >= 15 is 0 Å². The van der Waals surface area contributed by atoms with Crippen LogP contribution < -0.4 is 10.2 Å². The SMILES string of the molecule is O=C(Nc1cc(O)c(F)cc1F)c1cncc(N2CCOCC2)c1. The Bertz CT molecular complexity index is 764. The standard InChI is InChI=1S/C16H15F2N3O3/c17-12-6-13(18)15(22)7-14(12)20-16(23)10-5-11(9-19-8-10)21-1-3-24-4-2-21/h5-9,22H,1-4H2,(H,20,23). The maximum atomic E-state index is 13.7. The molecular formula is C16H15F2N3O3. The number of anilines is 2. The van der Waals surface area contributed by atoms with Gasteiger partial charge in [-0.3, -0.25) is 9.78 Å². The number of hydrogen-bond donors (Lipinski definition) is 2. The van der Waals surface area contributed by atoms with Crippen LogP contribution in [0.25, 0.3) is 0 Å². The molecule has 6 nitrogen and oxygen atoms in total. The molecule has 2 aromatic rings. The van der Waals surface area contributed by atoms with Gasteiger partial charge in [-0.2, -0.15) is 0 Å². The van der Waals surface area contributed by atoms with Crippen LogP contribution in [0.5, 0.6) is 5.75 Å². The van der Waals surface area contributed by atoms with Crippen LogP contribution in [0.1, 0.15) is 10.4 Å². The van der Waals surface area contributed by atoms with Gasteiger partial charge in [-0.25, -0.2) is 8.78 Å². The number of morpholine rings is 1. The van der Waals surface area contributed by atoms with E-state index < -0.39 is 23.3 Å². The van der Waals surface area contributed by atoms with E-state index in [2.05, 4.69) is 10.3 Å². The van der Waals surface area contributed by atoms with Gasteiger partial charge in [0, 0.05) is 31.4 Å². The first-order chi connectivity index (χ1) is 11.5. The highest BCUT2D eigenvalue weighted by molar-refractivity contribution is 6.04. The topological polar surface area (TPSA) is 74.7 Å². The number of carbonyl (C=O) groups excluding carboxylic acids is 1. The molecular weight excluding hydrogens is 320 g/mol. The molecule has 0 unspecified atom stereocenters. The molecule has 1 aliphatic heterocycles. The van der Waals surface area contributed by atoms with Gasteiger partial charge in [-0.1, -0.05) is 0 Å². The summed E-state index contributed by atoms with van der Waals surface area (Å²) in [6.45, 7) is 2.56. The number of carbonyl (C=O) groups is 1. The smallest absolute Gasteiger partial charge is 0.257 e. The third-order valence-electron chi connectivity index (χ3n) is 3.65. The van der Waals surface area contributed by atoms with Gasteiger partial charge in [0.05, 0.1) is 36.3 Å². The zero-order chi connectivity index (χ0) is 17.1. The minimum Gasteiger partial charge on any atom is -0.505 e. The van der Waals surface area contributed by atoms with Gasteiger partial charge in [0.15, 0.2) is 11.6 Å². The fourth-order valence-electron chi connectivity index (χ4n) is 2.37. The number of amides is 1. The van der Waals surface area contributed by atoms with Crippen molar-refractivity contribution in [1.29, 1.82) is 0 Å². The molecule has 3 rings (SSSR count). The van der Waals surface area contributed by atoms with Gasteiger partial charge in [-0.05, 0) is 6.07 Å². The number of aromatic hydroxyl groups is 1. The van der Waals surface area contributed by atoms with E-state index in [1.807, 2.05) is 4.90 Å². The van der Waals surface area contributed by atoms with Crippen molar-refractivity contribution < 1.29 is 23.4 Å². The summed E-state index contributed by atoms with van der Waals surface area (Å²) in [4.78, 5) is 18.3. The molecule has 8 heteroatoms. The molecule has 24 heavy (non-hydrogen) atoms. The highest BCUT2D eigenvalue weighted by Crippen LogP contribution is 2.25. The molecule has 2 heterocycles. The minimum atomic E-state index is -1.10. The Balaban J connectivity index is 1.79. The van der Waals surface area contributed by atoms with Crippen LogP contribution in [-0.4, -0.2) is 42.3 Å².